The van der Waals surface area contributed by atoms with Crippen molar-refractivity contribution in [2.24, 2.45) is 0 Å². The molecule has 0 saturated heterocycles. The van der Waals surface area contributed by atoms with Crippen LogP contribution in [-0.4, -0.2) is 45.9 Å². The van der Waals surface area contributed by atoms with E-state index >= 15 is 0 Å². The van der Waals surface area contributed by atoms with Crippen molar-refractivity contribution in [1.29, 1.82) is 0 Å². The molecule has 0 heterocycles. The number of anilines is 1. The van der Waals surface area contributed by atoms with E-state index < -0.39 is 22.2 Å². The summed E-state index contributed by atoms with van der Waals surface area (Å²) < 4.78 is 37.8. The lowest BCUT2D eigenvalue weighted by molar-refractivity contribution is -0.156. The molecule has 0 aliphatic carbocycles. The lowest BCUT2D eigenvalue weighted by Crippen LogP contribution is -2.29. The zero-order valence-electron chi connectivity index (χ0n) is 22.3. The fourth-order valence-corrected chi connectivity index (χ4v) is 4.18. The fraction of sp³-hybridized carbons (Fsp3) is 0.267. The molecule has 206 valence electrons. The molecule has 0 radical (unpaired) electrons. The normalized spacial score (nSPS) is 12.2. The third-order valence-electron chi connectivity index (χ3n) is 5.56. The van der Waals surface area contributed by atoms with Crippen LogP contribution in [0.3, 0.4) is 0 Å². The van der Waals surface area contributed by atoms with Crippen LogP contribution in [0, 0.1) is 0 Å². The van der Waals surface area contributed by atoms with Crippen molar-refractivity contribution in [1.82, 2.24) is 0 Å². The smallest absolute Gasteiger partial charge is 0.335 e. The SMILES string of the molecule is CCOC(=O)C(Cc1ccc(C(=O)Nc2ccc(C/C=C/c3ccc(OS(C)(=O)=O)cc3)cc2)cc1)OCC. The maximum Gasteiger partial charge on any atom is 0.335 e. The Morgan fingerprint density at radius 2 is 1.51 bits per heavy atom. The summed E-state index contributed by atoms with van der Waals surface area (Å²) in [4.78, 5) is 24.8. The molecule has 1 unspecified atom stereocenters. The molecule has 0 bridgehead atoms. The Kier molecular flexibility index (Phi) is 10.8. The van der Waals surface area contributed by atoms with Crippen molar-refractivity contribution in [3.05, 3.63) is 101 Å². The summed E-state index contributed by atoms with van der Waals surface area (Å²) in [5, 5.41) is 2.89. The van der Waals surface area contributed by atoms with Gasteiger partial charge in [-0.05, 0) is 73.4 Å². The number of carbonyl (C=O) groups excluding carboxylic acids is 2. The number of amides is 1. The zero-order valence-corrected chi connectivity index (χ0v) is 23.1. The van der Waals surface area contributed by atoms with Crippen molar-refractivity contribution >= 4 is 33.8 Å². The van der Waals surface area contributed by atoms with Gasteiger partial charge in [-0.2, -0.15) is 8.42 Å². The number of rotatable bonds is 13. The molecule has 0 aromatic heterocycles. The molecule has 8 nitrogen and oxygen atoms in total. The molecule has 0 aliphatic heterocycles. The van der Waals surface area contributed by atoms with Crippen molar-refractivity contribution in [3.63, 3.8) is 0 Å². The second kappa shape index (κ2) is 14.3. The molecule has 0 spiro atoms. The topological polar surface area (TPSA) is 108 Å². The molecule has 39 heavy (non-hydrogen) atoms. The predicted molar refractivity (Wildman–Crippen MR) is 151 cm³/mol. The molecule has 1 N–H and O–H groups in total. The standard InChI is InChI=1S/C30H33NO7S/c1-4-36-28(30(33)37-5-2)21-24-9-15-25(16-10-24)29(32)31-26-17-11-22(12-18-26)7-6-8-23-13-19-27(20-14-23)38-39(3,34)35/h6,8-20,28H,4-5,7,21H2,1-3H3,(H,31,32)/b8-6+. The maximum absolute atomic E-state index is 12.7. The van der Waals surface area contributed by atoms with Gasteiger partial charge in [0.1, 0.15) is 5.75 Å². The van der Waals surface area contributed by atoms with Crippen LogP contribution >= 0.6 is 0 Å². The van der Waals surface area contributed by atoms with E-state index in [0.717, 1.165) is 22.9 Å². The largest absolute Gasteiger partial charge is 0.464 e. The van der Waals surface area contributed by atoms with E-state index in [1.807, 2.05) is 55.5 Å². The van der Waals surface area contributed by atoms with Gasteiger partial charge in [-0.3, -0.25) is 4.79 Å². The first-order chi connectivity index (χ1) is 18.7. The van der Waals surface area contributed by atoms with Crippen molar-refractivity contribution in [3.8, 4) is 5.75 Å². The summed E-state index contributed by atoms with van der Waals surface area (Å²) in [5.74, 6) is -0.354. The third kappa shape index (κ3) is 10.0. The first-order valence-electron chi connectivity index (χ1n) is 12.6. The summed E-state index contributed by atoms with van der Waals surface area (Å²) in [7, 11) is -3.54. The van der Waals surface area contributed by atoms with E-state index in [-0.39, 0.29) is 11.7 Å². The number of carbonyl (C=O) groups is 2. The Morgan fingerprint density at radius 3 is 2.10 bits per heavy atom. The summed E-state index contributed by atoms with van der Waals surface area (Å²) in [6, 6.07) is 21.4. The summed E-state index contributed by atoms with van der Waals surface area (Å²) in [6.07, 6.45) is 5.32. The van der Waals surface area contributed by atoms with Gasteiger partial charge in [0.15, 0.2) is 6.10 Å². The Labute approximate surface area is 229 Å². The minimum atomic E-state index is -3.54. The first-order valence-corrected chi connectivity index (χ1v) is 14.4. The summed E-state index contributed by atoms with van der Waals surface area (Å²) in [6.45, 7) is 4.27. The quantitative estimate of drug-likeness (QED) is 0.234. The van der Waals surface area contributed by atoms with E-state index in [4.69, 9.17) is 13.7 Å². The van der Waals surface area contributed by atoms with Gasteiger partial charge in [-0.1, -0.05) is 48.6 Å². The van der Waals surface area contributed by atoms with Gasteiger partial charge < -0.3 is 19.0 Å². The predicted octanol–water partition coefficient (Wildman–Crippen LogP) is 5.04. The number of esters is 1. The maximum atomic E-state index is 12.7. The van der Waals surface area contributed by atoms with E-state index in [0.29, 0.717) is 37.3 Å². The van der Waals surface area contributed by atoms with Crippen molar-refractivity contribution < 1.29 is 31.7 Å². The Hall–Kier alpha value is -3.95. The van der Waals surface area contributed by atoms with Crippen LogP contribution in [0.4, 0.5) is 5.69 Å². The van der Waals surface area contributed by atoms with Gasteiger partial charge in [0.2, 0.25) is 0 Å². The van der Waals surface area contributed by atoms with E-state index in [1.165, 1.54) is 0 Å². The second-order valence-electron chi connectivity index (χ2n) is 8.71. The minimum absolute atomic E-state index is 0.232. The number of hydrogen-bond donors (Lipinski definition) is 1. The van der Waals surface area contributed by atoms with Crippen LogP contribution in [0.15, 0.2) is 78.9 Å². The third-order valence-corrected chi connectivity index (χ3v) is 6.05. The number of nitrogens with one attached hydrogen (secondary N) is 1. The van der Waals surface area contributed by atoms with Crippen molar-refractivity contribution in [2.75, 3.05) is 24.8 Å². The molecular formula is C30H33NO7S. The number of hydrogen-bond acceptors (Lipinski definition) is 7. The van der Waals surface area contributed by atoms with Gasteiger partial charge in [-0.25, -0.2) is 4.79 Å². The highest BCUT2D eigenvalue weighted by molar-refractivity contribution is 7.86. The highest BCUT2D eigenvalue weighted by Crippen LogP contribution is 2.17. The monoisotopic (exact) mass is 551 g/mol. The van der Waals surface area contributed by atoms with Gasteiger partial charge in [-0.15, -0.1) is 0 Å². The average Bonchev–Trinajstić information content (AvgIpc) is 2.90. The molecule has 9 heteroatoms. The number of ether oxygens (including phenoxy) is 2. The van der Waals surface area contributed by atoms with Crippen LogP contribution < -0.4 is 9.50 Å². The lowest BCUT2D eigenvalue weighted by atomic mass is 10.0. The van der Waals surface area contributed by atoms with Crippen LogP contribution in [-0.2, 0) is 37.2 Å². The molecule has 0 aliphatic rings. The van der Waals surface area contributed by atoms with Crippen LogP contribution in [0.1, 0.15) is 40.9 Å². The summed E-state index contributed by atoms with van der Waals surface area (Å²) in [5.41, 5.74) is 4.03. The number of allylic oxidation sites excluding steroid dienone is 1. The summed E-state index contributed by atoms with van der Waals surface area (Å²) >= 11 is 0. The van der Waals surface area contributed by atoms with Crippen LogP contribution in [0.5, 0.6) is 5.75 Å². The van der Waals surface area contributed by atoms with Gasteiger partial charge in [0.05, 0.1) is 12.9 Å². The zero-order chi connectivity index (χ0) is 28.3. The molecule has 0 saturated carbocycles. The van der Waals surface area contributed by atoms with Crippen molar-refractivity contribution in [2.45, 2.75) is 32.8 Å². The fourth-order valence-electron chi connectivity index (χ4n) is 3.72. The molecule has 0 fully saturated rings. The highest BCUT2D eigenvalue weighted by Gasteiger charge is 2.20. The van der Waals surface area contributed by atoms with E-state index in [2.05, 4.69) is 5.32 Å². The van der Waals surface area contributed by atoms with Gasteiger partial charge in [0.25, 0.3) is 5.91 Å². The first kappa shape index (κ1) is 29.6. The molecule has 1 atom stereocenters. The Morgan fingerprint density at radius 1 is 0.872 bits per heavy atom. The lowest BCUT2D eigenvalue weighted by Gasteiger charge is -2.15. The minimum Gasteiger partial charge on any atom is -0.464 e. The van der Waals surface area contributed by atoms with Gasteiger partial charge in [0, 0.05) is 24.3 Å². The second-order valence-corrected chi connectivity index (χ2v) is 10.3. The van der Waals surface area contributed by atoms with E-state index in [1.54, 1.807) is 43.3 Å². The molecule has 3 aromatic rings. The number of benzene rings is 3. The molecular weight excluding hydrogens is 518 g/mol. The van der Waals surface area contributed by atoms with E-state index in [9.17, 15) is 18.0 Å². The molecule has 1 amide bonds. The van der Waals surface area contributed by atoms with Crippen LogP contribution in [0.2, 0.25) is 0 Å². The van der Waals surface area contributed by atoms with Crippen LogP contribution in [0.25, 0.3) is 6.08 Å². The molecule has 3 aromatic carbocycles. The molecule has 3 rings (SSSR count). The Balaban J connectivity index is 1.51. The average molecular weight is 552 g/mol. The Bertz CT molecular complexity index is 1360. The highest BCUT2D eigenvalue weighted by atomic mass is 32.2. The van der Waals surface area contributed by atoms with Gasteiger partial charge >= 0.3 is 16.1 Å².